The van der Waals surface area contributed by atoms with Crippen molar-refractivity contribution in [2.75, 3.05) is 18.4 Å². The molecule has 0 aliphatic heterocycles. The van der Waals surface area contributed by atoms with E-state index in [2.05, 4.69) is 5.32 Å². The number of halogens is 1. The molecule has 0 spiro atoms. The predicted molar refractivity (Wildman–Crippen MR) is 128 cm³/mol. The van der Waals surface area contributed by atoms with Gasteiger partial charge in [-0.25, -0.2) is 8.42 Å². The van der Waals surface area contributed by atoms with Gasteiger partial charge in [0.1, 0.15) is 5.56 Å². The summed E-state index contributed by atoms with van der Waals surface area (Å²) in [6.45, 7) is 8.19. The van der Waals surface area contributed by atoms with Crippen molar-refractivity contribution in [2.24, 2.45) is 0 Å². The van der Waals surface area contributed by atoms with Crippen LogP contribution in [0.3, 0.4) is 0 Å². The van der Waals surface area contributed by atoms with E-state index in [1.165, 1.54) is 34.8 Å². The van der Waals surface area contributed by atoms with E-state index in [9.17, 15) is 18.0 Å². The Morgan fingerprint density at radius 1 is 1.09 bits per heavy atom. The molecule has 32 heavy (non-hydrogen) atoms. The average molecular weight is 476 g/mol. The standard InChI is InChI=1S/C23H26ClN3O4S/c1-5-26(6-2)32(30,31)18-10-8-17(9-11-18)25-23(29)20-14-27(15(3)4)21-12-7-16(24)13-19(21)22(20)28/h7-15H,5-6H2,1-4H3,(H,25,29). The number of benzene rings is 2. The average Bonchev–Trinajstić information content (AvgIpc) is 2.75. The topological polar surface area (TPSA) is 88.5 Å². The van der Waals surface area contributed by atoms with Gasteiger partial charge in [-0.1, -0.05) is 25.4 Å². The van der Waals surface area contributed by atoms with E-state index in [0.717, 1.165) is 0 Å². The van der Waals surface area contributed by atoms with E-state index in [4.69, 9.17) is 11.6 Å². The van der Waals surface area contributed by atoms with Crippen molar-refractivity contribution in [3.63, 3.8) is 0 Å². The third-order valence-corrected chi connectivity index (χ3v) is 7.55. The molecule has 0 atom stereocenters. The van der Waals surface area contributed by atoms with Gasteiger partial charge in [0.25, 0.3) is 5.91 Å². The van der Waals surface area contributed by atoms with Gasteiger partial charge in [0.2, 0.25) is 15.5 Å². The number of fused-ring (bicyclic) bond motifs is 1. The minimum absolute atomic E-state index is 0.00962. The fourth-order valence-corrected chi connectivity index (χ4v) is 5.17. The normalized spacial score (nSPS) is 12.0. The van der Waals surface area contributed by atoms with Gasteiger partial charge >= 0.3 is 0 Å². The molecule has 0 unspecified atom stereocenters. The first-order valence-electron chi connectivity index (χ1n) is 10.4. The first-order valence-corrected chi connectivity index (χ1v) is 12.2. The van der Waals surface area contributed by atoms with Gasteiger partial charge in [-0.3, -0.25) is 9.59 Å². The summed E-state index contributed by atoms with van der Waals surface area (Å²) in [5.41, 5.74) is 0.637. The van der Waals surface area contributed by atoms with Crippen LogP contribution >= 0.6 is 11.6 Å². The Morgan fingerprint density at radius 3 is 2.28 bits per heavy atom. The van der Waals surface area contributed by atoms with Gasteiger partial charge < -0.3 is 9.88 Å². The quantitative estimate of drug-likeness (QED) is 0.544. The molecule has 9 heteroatoms. The predicted octanol–water partition coefficient (Wildman–Crippen LogP) is 4.52. The van der Waals surface area contributed by atoms with Crippen molar-refractivity contribution in [1.29, 1.82) is 0 Å². The summed E-state index contributed by atoms with van der Waals surface area (Å²) in [4.78, 5) is 26.1. The second-order valence-corrected chi connectivity index (χ2v) is 9.98. The molecule has 7 nitrogen and oxygen atoms in total. The molecule has 0 fully saturated rings. The number of rotatable bonds is 7. The van der Waals surface area contributed by atoms with Gasteiger partial charge in [0.05, 0.1) is 10.4 Å². The lowest BCUT2D eigenvalue weighted by molar-refractivity contribution is 0.102. The number of anilines is 1. The number of carbonyl (C=O) groups excluding carboxylic acids is 1. The number of nitrogens with zero attached hydrogens (tertiary/aromatic N) is 2. The SMILES string of the molecule is CCN(CC)S(=O)(=O)c1ccc(NC(=O)c2cn(C(C)C)c3ccc(Cl)cc3c2=O)cc1. The van der Waals surface area contributed by atoms with Gasteiger partial charge in [-0.2, -0.15) is 4.31 Å². The van der Waals surface area contributed by atoms with Gasteiger partial charge in [0, 0.05) is 41.4 Å². The van der Waals surface area contributed by atoms with Crippen molar-refractivity contribution >= 4 is 44.1 Å². The zero-order chi connectivity index (χ0) is 23.6. The molecule has 0 saturated carbocycles. The number of amides is 1. The molecule has 3 rings (SSSR count). The Bertz CT molecular complexity index is 1310. The van der Waals surface area contributed by atoms with E-state index in [0.29, 0.717) is 34.7 Å². The van der Waals surface area contributed by atoms with Gasteiger partial charge in [-0.15, -0.1) is 0 Å². The van der Waals surface area contributed by atoms with Crippen LogP contribution in [0.1, 0.15) is 44.1 Å². The minimum Gasteiger partial charge on any atom is -0.344 e. The highest BCUT2D eigenvalue weighted by Gasteiger charge is 2.22. The van der Waals surface area contributed by atoms with E-state index in [1.54, 1.807) is 32.0 Å². The Hall–Kier alpha value is -2.68. The van der Waals surface area contributed by atoms with Crippen LogP contribution in [0, 0.1) is 0 Å². The Kier molecular flexibility index (Phi) is 7.07. The number of hydrogen-bond donors (Lipinski definition) is 1. The van der Waals surface area contributed by atoms with Crippen molar-refractivity contribution in [3.05, 3.63) is 69.5 Å². The summed E-state index contributed by atoms with van der Waals surface area (Å²) < 4.78 is 28.5. The number of carbonyl (C=O) groups is 1. The van der Waals surface area contributed by atoms with Crippen LogP contribution in [0.15, 0.2) is 58.4 Å². The lowest BCUT2D eigenvalue weighted by atomic mass is 10.1. The van der Waals surface area contributed by atoms with Crippen LogP contribution in [-0.4, -0.2) is 36.3 Å². The second kappa shape index (κ2) is 9.44. The molecule has 0 bridgehead atoms. The van der Waals surface area contributed by atoms with Crippen molar-refractivity contribution in [3.8, 4) is 0 Å². The fourth-order valence-electron chi connectivity index (χ4n) is 3.54. The van der Waals surface area contributed by atoms with Crippen LogP contribution < -0.4 is 10.7 Å². The lowest BCUT2D eigenvalue weighted by Gasteiger charge is -2.18. The molecule has 0 saturated heterocycles. The Labute approximate surface area is 192 Å². The van der Waals surface area contributed by atoms with E-state index in [1.807, 2.05) is 18.4 Å². The van der Waals surface area contributed by atoms with Crippen molar-refractivity contribution in [2.45, 2.75) is 38.6 Å². The molecule has 1 heterocycles. The number of sulfonamides is 1. The van der Waals surface area contributed by atoms with Crippen LogP contribution in [0.25, 0.3) is 10.9 Å². The molecule has 3 aromatic rings. The highest BCUT2D eigenvalue weighted by atomic mass is 35.5. The van der Waals surface area contributed by atoms with E-state index in [-0.39, 0.29) is 16.5 Å². The molecule has 2 aromatic carbocycles. The van der Waals surface area contributed by atoms with Crippen molar-refractivity contribution < 1.29 is 13.2 Å². The molecule has 170 valence electrons. The second-order valence-electron chi connectivity index (χ2n) is 7.60. The van der Waals surface area contributed by atoms with Crippen LogP contribution in [-0.2, 0) is 10.0 Å². The summed E-state index contributed by atoms with van der Waals surface area (Å²) in [5.74, 6) is -0.578. The van der Waals surface area contributed by atoms with Crippen molar-refractivity contribution in [1.82, 2.24) is 8.87 Å². The maximum Gasteiger partial charge on any atom is 0.261 e. The van der Waals surface area contributed by atoms with Crippen LogP contribution in [0.2, 0.25) is 5.02 Å². The van der Waals surface area contributed by atoms with Crippen LogP contribution in [0.4, 0.5) is 5.69 Å². The first kappa shape index (κ1) is 24.0. The maximum absolute atomic E-state index is 13.0. The molecule has 0 aliphatic carbocycles. The van der Waals surface area contributed by atoms with E-state index < -0.39 is 21.4 Å². The highest BCUT2D eigenvalue weighted by Crippen LogP contribution is 2.22. The number of aromatic nitrogens is 1. The van der Waals surface area contributed by atoms with Crippen LogP contribution in [0.5, 0.6) is 0 Å². The summed E-state index contributed by atoms with van der Waals surface area (Å²) in [7, 11) is -3.59. The molecular weight excluding hydrogens is 450 g/mol. The summed E-state index contributed by atoms with van der Waals surface area (Å²) in [6, 6.07) is 10.9. The minimum atomic E-state index is -3.59. The third kappa shape index (κ3) is 4.57. The first-order chi connectivity index (χ1) is 15.1. The zero-order valence-electron chi connectivity index (χ0n) is 18.4. The lowest BCUT2D eigenvalue weighted by Crippen LogP contribution is -2.30. The van der Waals surface area contributed by atoms with Gasteiger partial charge in [-0.05, 0) is 56.3 Å². The molecule has 1 N–H and O–H groups in total. The zero-order valence-corrected chi connectivity index (χ0v) is 20.0. The smallest absolute Gasteiger partial charge is 0.261 e. The summed E-state index contributed by atoms with van der Waals surface area (Å²) >= 11 is 6.08. The largest absolute Gasteiger partial charge is 0.344 e. The highest BCUT2D eigenvalue weighted by molar-refractivity contribution is 7.89. The Balaban J connectivity index is 1.96. The molecular formula is C23H26ClN3O4S. The number of hydrogen-bond acceptors (Lipinski definition) is 4. The summed E-state index contributed by atoms with van der Waals surface area (Å²) in [5, 5.41) is 3.46. The van der Waals surface area contributed by atoms with E-state index >= 15 is 0 Å². The fraction of sp³-hybridized carbons (Fsp3) is 0.304. The molecule has 0 radical (unpaired) electrons. The Morgan fingerprint density at radius 2 is 1.72 bits per heavy atom. The molecule has 1 amide bonds. The maximum atomic E-state index is 13.0. The molecule has 0 aliphatic rings. The monoisotopic (exact) mass is 475 g/mol. The summed E-state index contributed by atoms with van der Waals surface area (Å²) in [6.07, 6.45) is 1.54. The molecule has 1 aromatic heterocycles. The number of pyridine rings is 1. The number of nitrogens with one attached hydrogen (secondary N) is 1. The third-order valence-electron chi connectivity index (χ3n) is 5.25. The van der Waals surface area contributed by atoms with Gasteiger partial charge in [0.15, 0.2) is 0 Å².